The van der Waals surface area contributed by atoms with Crippen molar-refractivity contribution in [3.05, 3.63) is 28.8 Å². The second-order valence-corrected chi connectivity index (χ2v) is 5.58. The molecule has 1 saturated heterocycles. The van der Waals surface area contributed by atoms with Crippen LogP contribution >= 0.6 is 11.6 Å². The van der Waals surface area contributed by atoms with E-state index in [2.05, 4.69) is 20.6 Å². The lowest BCUT2D eigenvalue weighted by Gasteiger charge is -2.27. The van der Waals surface area contributed by atoms with E-state index in [1.54, 1.807) is 9.58 Å². The van der Waals surface area contributed by atoms with E-state index >= 15 is 0 Å². The average molecular weight is 353 g/mol. The highest BCUT2D eigenvalue weighted by Crippen LogP contribution is 2.20. The Hall–Kier alpha value is -2.39. The summed E-state index contributed by atoms with van der Waals surface area (Å²) in [5.41, 5.74) is 0.804. The van der Waals surface area contributed by atoms with Crippen molar-refractivity contribution in [2.75, 3.05) is 31.6 Å². The Morgan fingerprint density at radius 2 is 2.12 bits per heavy atom. The second kappa shape index (κ2) is 7.02. The summed E-state index contributed by atoms with van der Waals surface area (Å²) in [6, 6.07) is 0. The summed E-state index contributed by atoms with van der Waals surface area (Å²) in [6.45, 7) is 4.39. The van der Waals surface area contributed by atoms with Gasteiger partial charge in [0.1, 0.15) is 11.4 Å². The van der Waals surface area contributed by atoms with Crippen LogP contribution in [0.1, 0.15) is 27.9 Å². The Balaban J connectivity index is 1.86. The molecule has 0 bridgehead atoms. The number of aryl methyl sites for hydroxylation is 1. The van der Waals surface area contributed by atoms with Crippen LogP contribution in [-0.2, 0) is 11.3 Å². The molecule has 0 aromatic carbocycles. The number of anilines is 1. The molecule has 2 aromatic rings. The molecule has 0 saturated carbocycles. The quantitative estimate of drug-likeness (QED) is 0.854. The fourth-order valence-electron chi connectivity index (χ4n) is 2.47. The van der Waals surface area contributed by atoms with E-state index in [-0.39, 0.29) is 16.6 Å². The van der Waals surface area contributed by atoms with Gasteiger partial charge in [-0.05, 0) is 6.92 Å². The van der Waals surface area contributed by atoms with Crippen LogP contribution in [0.2, 0.25) is 5.02 Å². The number of ether oxygens (including phenoxy) is 1. The number of aromatic nitrogens is 4. The molecule has 2 amide bonds. The number of halogens is 1. The second-order valence-electron chi connectivity index (χ2n) is 5.17. The van der Waals surface area contributed by atoms with Crippen molar-refractivity contribution < 1.29 is 14.3 Å². The Morgan fingerprint density at radius 1 is 1.38 bits per heavy atom. The summed E-state index contributed by atoms with van der Waals surface area (Å²) in [5, 5.41) is 13.3. The van der Waals surface area contributed by atoms with Crippen molar-refractivity contribution in [2.24, 2.45) is 0 Å². The molecular formula is C14H17ClN6O3. The van der Waals surface area contributed by atoms with Crippen LogP contribution in [0.25, 0.3) is 0 Å². The van der Waals surface area contributed by atoms with Gasteiger partial charge in [0.25, 0.3) is 11.8 Å². The highest BCUT2D eigenvalue weighted by Gasteiger charge is 2.26. The van der Waals surface area contributed by atoms with Gasteiger partial charge in [-0.3, -0.25) is 19.4 Å². The van der Waals surface area contributed by atoms with Gasteiger partial charge >= 0.3 is 0 Å². The molecule has 3 heterocycles. The van der Waals surface area contributed by atoms with Crippen LogP contribution < -0.4 is 5.32 Å². The molecule has 10 heteroatoms. The monoisotopic (exact) mass is 352 g/mol. The minimum atomic E-state index is -0.482. The number of rotatable bonds is 4. The maximum Gasteiger partial charge on any atom is 0.275 e. The number of nitrogens with zero attached hydrogens (tertiary/aromatic N) is 4. The highest BCUT2D eigenvalue weighted by atomic mass is 35.5. The van der Waals surface area contributed by atoms with E-state index in [9.17, 15) is 9.59 Å². The van der Waals surface area contributed by atoms with E-state index in [1.807, 2.05) is 6.92 Å². The normalized spacial score (nSPS) is 14.7. The van der Waals surface area contributed by atoms with Gasteiger partial charge in [0.15, 0.2) is 0 Å². The number of H-pyrrole nitrogens is 1. The lowest BCUT2D eigenvalue weighted by atomic mass is 10.2. The van der Waals surface area contributed by atoms with Gasteiger partial charge in [0, 0.05) is 19.6 Å². The van der Waals surface area contributed by atoms with Crippen molar-refractivity contribution in [1.82, 2.24) is 24.9 Å². The number of amides is 2. The molecule has 0 spiro atoms. The number of carbonyl (C=O) groups excluding carboxylic acids is 2. The Bertz CT molecular complexity index is 750. The van der Waals surface area contributed by atoms with Gasteiger partial charge in [-0.25, -0.2) is 0 Å². The van der Waals surface area contributed by atoms with Crippen molar-refractivity contribution >= 4 is 29.1 Å². The van der Waals surface area contributed by atoms with Crippen molar-refractivity contribution in [3.63, 3.8) is 0 Å². The summed E-state index contributed by atoms with van der Waals surface area (Å²) in [6.07, 6.45) is 2.80. The van der Waals surface area contributed by atoms with Crippen LogP contribution in [0.15, 0.2) is 12.4 Å². The zero-order valence-corrected chi connectivity index (χ0v) is 13.8. The Kier molecular flexibility index (Phi) is 4.81. The largest absolute Gasteiger partial charge is 0.378 e. The van der Waals surface area contributed by atoms with Gasteiger partial charge in [-0.1, -0.05) is 11.6 Å². The van der Waals surface area contributed by atoms with E-state index in [0.29, 0.717) is 44.2 Å². The van der Waals surface area contributed by atoms with Crippen LogP contribution in [-0.4, -0.2) is 63.0 Å². The third-order valence-corrected chi connectivity index (χ3v) is 3.99. The fourth-order valence-corrected chi connectivity index (χ4v) is 2.65. The molecule has 0 aliphatic carbocycles. The maximum atomic E-state index is 12.8. The Labute approximate surface area is 142 Å². The number of morpholine rings is 1. The first-order valence-electron chi connectivity index (χ1n) is 7.54. The summed E-state index contributed by atoms with van der Waals surface area (Å²) in [5.74, 6) is -0.673. The summed E-state index contributed by atoms with van der Waals surface area (Å²) in [7, 11) is 0. The molecule has 1 aliphatic heterocycles. The fraction of sp³-hybridized carbons (Fsp3) is 0.429. The number of hydrogen-bond acceptors (Lipinski definition) is 5. The molecule has 1 aliphatic rings. The third kappa shape index (κ3) is 3.13. The topological polar surface area (TPSA) is 105 Å². The van der Waals surface area contributed by atoms with Gasteiger partial charge < -0.3 is 15.0 Å². The van der Waals surface area contributed by atoms with E-state index < -0.39 is 5.91 Å². The lowest BCUT2D eigenvalue weighted by Crippen LogP contribution is -2.41. The molecule has 2 aromatic heterocycles. The van der Waals surface area contributed by atoms with Crippen molar-refractivity contribution in [2.45, 2.75) is 13.5 Å². The van der Waals surface area contributed by atoms with Gasteiger partial charge in [0.05, 0.1) is 36.3 Å². The molecule has 128 valence electrons. The van der Waals surface area contributed by atoms with E-state index in [4.69, 9.17) is 16.3 Å². The highest BCUT2D eigenvalue weighted by molar-refractivity contribution is 6.34. The predicted molar refractivity (Wildman–Crippen MR) is 86.2 cm³/mol. The van der Waals surface area contributed by atoms with Crippen LogP contribution in [0.4, 0.5) is 5.69 Å². The summed E-state index contributed by atoms with van der Waals surface area (Å²) >= 11 is 5.89. The zero-order valence-electron chi connectivity index (χ0n) is 13.1. The minimum absolute atomic E-state index is 0.130. The molecule has 0 unspecified atom stereocenters. The molecule has 9 nitrogen and oxygen atoms in total. The van der Waals surface area contributed by atoms with Gasteiger partial charge in [-0.2, -0.15) is 10.2 Å². The van der Waals surface area contributed by atoms with Crippen LogP contribution in [0, 0.1) is 0 Å². The molecule has 0 radical (unpaired) electrons. The smallest absolute Gasteiger partial charge is 0.275 e. The predicted octanol–water partition coefficient (Wildman–Crippen LogP) is 1.00. The first-order chi connectivity index (χ1) is 11.6. The molecule has 1 fully saturated rings. The zero-order chi connectivity index (χ0) is 17.1. The molecule has 0 atom stereocenters. The van der Waals surface area contributed by atoms with Crippen LogP contribution in [0.5, 0.6) is 0 Å². The number of aromatic amines is 1. The molecular weight excluding hydrogens is 336 g/mol. The number of hydrogen-bond donors (Lipinski definition) is 2. The summed E-state index contributed by atoms with van der Waals surface area (Å²) in [4.78, 5) is 26.8. The lowest BCUT2D eigenvalue weighted by molar-refractivity contribution is 0.0295. The molecule has 3 rings (SSSR count). The number of carbonyl (C=O) groups is 2. The first kappa shape index (κ1) is 16.5. The number of nitrogens with one attached hydrogen (secondary N) is 2. The van der Waals surface area contributed by atoms with Crippen LogP contribution in [0.3, 0.4) is 0 Å². The van der Waals surface area contributed by atoms with Crippen molar-refractivity contribution in [3.8, 4) is 0 Å². The van der Waals surface area contributed by atoms with Gasteiger partial charge in [0.2, 0.25) is 0 Å². The minimum Gasteiger partial charge on any atom is -0.378 e. The van der Waals surface area contributed by atoms with E-state index in [1.165, 1.54) is 12.4 Å². The third-order valence-electron chi connectivity index (χ3n) is 3.71. The SMILES string of the molecule is CCn1ncc(NC(=O)c2[nH]ncc2Cl)c1C(=O)N1CCOCC1. The average Bonchev–Trinajstić information content (AvgIpc) is 3.21. The van der Waals surface area contributed by atoms with E-state index in [0.717, 1.165) is 0 Å². The maximum absolute atomic E-state index is 12.8. The standard InChI is InChI=1S/C14H17ClN6O3/c1-2-21-12(14(23)20-3-5-24-6-4-20)10(8-17-21)18-13(22)11-9(15)7-16-19-11/h7-8H,2-6H2,1H3,(H,16,19)(H,18,22). The molecule has 24 heavy (non-hydrogen) atoms. The Morgan fingerprint density at radius 3 is 2.75 bits per heavy atom. The molecule has 2 N–H and O–H groups in total. The van der Waals surface area contributed by atoms with Crippen molar-refractivity contribution in [1.29, 1.82) is 0 Å². The first-order valence-corrected chi connectivity index (χ1v) is 7.92. The summed E-state index contributed by atoms with van der Waals surface area (Å²) < 4.78 is 6.83. The van der Waals surface area contributed by atoms with Gasteiger partial charge in [-0.15, -0.1) is 0 Å².